The molecule has 1 aliphatic heterocycles. The van der Waals surface area contributed by atoms with Gasteiger partial charge in [-0.1, -0.05) is 77.8 Å². The largest absolute Gasteiger partial charge is 0.368 e. The number of fused-ring (bicyclic) bond motifs is 1. The minimum atomic E-state index is -0.235. The van der Waals surface area contributed by atoms with Crippen molar-refractivity contribution in [3.05, 3.63) is 94.1 Å². The van der Waals surface area contributed by atoms with Gasteiger partial charge in [0.2, 0.25) is 0 Å². The van der Waals surface area contributed by atoms with Crippen LogP contribution >= 0.6 is 23.2 Å². The van der Waals surface area contributed by atoms with Crippen molar-refractivity contribution in [1.82, 2.24) is 15.5 Å². The molecule has 1 fully saturated rings. The van der Waals surface area contributed by atoms with Crippen molar-refractivity contribution in [2.45, 2.75) is 13.0 Å². The molecule has 1 aromatic heterocycles. The van der Waals surface area contributed by atoms with Gasteiger partial charge in [-0.05, 0) is 30.7 Å². The highest BCUT2D eigenvalue weighted by molar-refractivity contribution is 6.42. The summed E-state index contributed by atoms with van der Waals surface area (Å²) in [4.78, 5) is 17.6. The predicted molar refractivity (Wildman–Crippen MR) is 143 cm³/mol. The number of halogens is 2. The van der Waals surface area contributed by atoms with Gasteiger partial charge in [-0.25, -0.2) is 0 Å². The van der Waals surface area contributed by atoms with Crippen molar-refractivity contribution in [2.75, 3.05) is 36.0 Å². The summed E-state index contributed by atoms with van der Waals surface area (Å²) in [6.45, 7) is 5.13. The minimum absolute atomic E-state index is 0.140. The molecular formula is C27H25Cl2N5O. The molecule has 6 nitrogen and oxygen atoms in total. The zero-order chi connectivity index (χ0) is 24.4. The van der Waals surface area contributed by atoms with Gasteiger partial charge < -0.3 is 15.1 Å². The number of aromatic nitrogens is 2. The van der Waals surface area contributed by atoms with Gasteiger partial charge in [0.05, 0.1) is 16.1 Å². The Morgan fingerprint density at radius 1 is 0.829 bits per heavy atom. The fourth-order valence-corrected chi connectivity index (χ4v) is 4.73. The SMILES string of the molecule is C[C@@H](NC(=O)c1nnc(N2CCN(c3ccc(Cl)c(Cl)c3)CC2)c2ccccc12)c1ccccc1. The van der Waals surface area contributed by atoms with Crippen LogP contribution in [0.2, 0.25) is 10.0 Å². The van der Waals surface area contributed by atoms with Crippen LogP contribution in [0.1, 0.15) is 29.0 Å². The molecule has 1 saturated heterocycles. The molecule has 0 unspecified atom stereocenters. The molecule has 35 heavy (non-hydrogen) atoms. The van der Waals surface area contributed by atoms with E-state index in [0.717, 1.165) is 54.0 Å². The van der Waals surface area contributed by atoms with Crippen LogP contribution in [-0.4, -0.2) is 42.3 Å². The molecule has 2 heterocycles. The molecule has 0 radical (unpaired) electrons. The second kappa shape index (κ2) is 10.1. The van der Waals surface area contributed by atoms with E-state index in [0.29, 0.717) is 15.7 Å². The number of nitrogens with one attached hydrogen (secondary N) is 1. The Bertz CT molecular complexity index is 1360. The van der Waals surface area contributed by atoms with E-state index >= 15 is 0 Å². The molecule has 3 aromatic carbocycles. The second-order valence-corrected chi connectivity index (χ2v) is 9.41. The van der Waals surface area contributed by atoms with Crippen LogP contribution in [0.3, 0.4) is 0 Å². The van der Waals surface area contributed by atoms with Crippen LogP contribution in [0.15, 0.2) is 72.8 Å². The summed E-state index contributed by atoms with van der Waals surface area (Å²) >= 11 is 12.3. The summed E-state index contributed by atoms with van der Waals surface area (Å²) in [5.41, 5.74) is 2.42. The first kappa shape index (κ1) is 23.4. The third-order valence-electron chi connectivity index (χ3n) is 6.38. The Kier molecular flexibility index (Phi) is 6.75. The lowest BCUT2D eigenvalue weighted by atomic mass is 10.1. The van der Waals surface area contributed by atoms with Gasteiger partial charge in [0.15, 0.2) is 11.5 Å². The highest BCUT2D eigenvalue weighted by atomic mass is 35.5. The summed E-state index contributed by atoms with van der Waals surface area (Å²) in [5.74, 6) is 0.558. The van der Waals surface area contributed by atoms with Gasteiger partial charge in [-0.2, -0.15) is 0 Å². The van der Waals surface area contributed by atoms with Crippen LogP contribution in [-0.2, 0) is 0 Å². The first-order valence-corrected chi connectivity index (χ1v) is 12.3. The molecular weight excluding hydrogens is 481 g/mol. The molecule has 5 rings (SSSR count). The maximum atomic E-state index is 13.1. The van der Waals surface area contributed by atoms with E-state index in [4.69, 9.17) is 23.2 Å². The average molecular weight is 506 g/mol. The first-order valence-electron chi connectivity index (χ1n) is 11.6. The molecule has 0 bridgehead atoms. The quantitative estimate of drug-likeness (QED) is 0.373. The van der Waals surface area contributed by atoms with Crippen LogP contribution in [0.4, 0.5) is 11.5 Å². The highest BCUT2D eigenvalue weighted by Crippen LogP contribution is 2.30. The molecule has 1 atom stereocenters. The maximum Gasteiger partial charge on any atom is 0.272 e. The van der Waals surface area contributed by atoms with Gasteiger partial charge >= 0.3 is 0 Å². The van der Waals surface area contributed by atoms with Crippen LogP contribution in [0.5, 0.6) is 0 Å². The Morgan fingerprint density at radius 3 is 2.20 bits per heavy atom. The van der Waals surface area contributed by atoms with E-state index in [9.17, 15) is 4.79 Å². The zero-order valence-electron chi connectivity index (χ0n) is 19.3. The second-order valence-electron chi connectivity index (χ2n) is 8.60. The van der Waals surface area contributed by atoms with Crippen LogP contribution in [0.25, 0.3) is 10.8 Å². The molecule has 1 N–H and O–H groups in total. The Balaban J connectivity index is 1.35. The van der Waals surface area contributed by atoms with E-state index < -0.39 is 0 Å². The average Bonchev–Trinajstić information content (AvgIpc) is 2.90. The third-order valence-corrected chi connectivity index (χ3v) is 7.12. The Morgan fingerprint density at radius 2 is 1.49 bits per heavy atom. The molecule has 4 aromatic rings. The lowest BCUT2D eigenvalue weighted by Crippen LogP contribution is -2.47. The van der Waals surface area contributed by atoms with Crippen molar-refractivity contribution in [1.29, 1.82) is 0 Å². The molecule has 8 heteroatoms. The third kappa shape index (κ3) is 4.90. The lowest BCUT2D eigenvalue weighted by molar-refractivity contribution is 0.0935. The number of carbonyl (C=O) groups is 1. The van der Waals surface area contributed by atoms with E-state index in [1.165, 1.54) is 0 Å². The molecule has 0 spiro atoms. The van der Waals surface area contributed by atoms with E-state index in [-0.39, 0.29) is 11.9 Å². The van der Waals surface area contributed by atoms with Crippen molar-refractivity contribution in [3.8, 4) is 0 Å². The molecule has 178 valence electrons. The maximum absolute atomic E-state index is 13.1. The molecule has 0 aliphatic carbocycles. The van der Waals surface area contributed by atoms with Crippen molar-refractivity contribution in [2.24, 2.45) is 0 Å². The number of hydrogen-bond donors (Lipinski definition) is 1. The van der Waals surface area contributed by atoms with Crippen LogP contribution < -0.4 is 15.1 Å². The number of carbonyl (C=O) groups excluding carboxylic acids is 1. The van der Waals surface area contributed by atoms with Crippen molar-refractivity contribution >= 4 is 51.4 Å². The Hall–Kier alpha value is -3.35. The van der Waals surface area contributed by atoms with Crippen LogP contribution in [0, 0.1) is 0 Å². The first-order chi connectivity index (χ1) is 17.0. The summed E-state index contributed by atoms with van der Waals surface area (Å²) in [6.07, 6.45) is 0. The number of anilines is 2. The van der Waals surface area contributed by atoms with Gasteiger partial charge in [-0.15, -0.1) is 10.2 Å². The minimum Gasteiger partial charge on any atom is -0.368 e. The number of piperazine rings is 1. The lowest BCUT2D eigenvalue weighted by Gasteiger charge is -2.37. The summed E-state index contributed by atoms with van der Waals surface area (Å²) < 4.78 is 0. The van der Waals surface area contributed by atoms with Gasteiger partial charge in [0.1, 0.15) is 0 Å². The topological polar surface area (TPSA) is 61.4 Å². The molecule has 1 amide bonds. The summed E-state index contributed by atoms with van der Waals surface area (Å²) in [5, 5.41) is 14.8. The van der Waals surface area contributed by atoms with Gasteiger partial charge in [0, 0.05) is 42.6 Å². The number of nitrogens with zero attached hydrogens (tertiary/aromatic N) is 4. The summed E-state index contributed by atoms with van der Waals surface area (Å²) in [7, 11) is 0. The fraction of sp³-hybridized carbons (Fsp3) is 0.222. The van der Waals surface area contributed by atoms with Crippen molar-refractivity contribution in [3.63, 3.8) is 0 Å². The summed E-state index contributed by atoms with van der Waals surface area (Å²) in [6, 6.07) is 23.3. The van der Waals surface area contributed by atoms with Gasteiger partial charge in [0.25, 0.3) is 5.91 Å². The zero-order valence-corrected chi connectivity index (χ0v) is 20.8. The normalized spacial score (nSPS) is 14.7. The van der Waals surface area contributed by atoms with E-state index in [1.54, 1.807) is 0 Å². The van der Waals surface area contributed by atoms with E-state index in [1.807, 2.05) is 79.7 Å². The smallest absolute Gasteiger partial charge is 0.272 e. The van der Waals surface area contributed by atoms with E-state index in [2.05, 4.69) is 25.3 Å². The van der Waals surface area contributed by atoms with Crippen molar-refractivity contribution < 1.29 is 4.79 Å². The number of benzene rings is 3. The Labute approximate surface area is 214 Å². The fourth-order valence-electron chi connectivity index (χ4n) is 4.44. The molecule has 1 aliphatic rings. The monoisotopic (exact) mass is 505 g/mol. The van der Waals surface area contributed by atoms with Gasteiger partial charge in [-0.3, -0.25) is 4.79 Å². The number of amides is 1. The number of hydrogen-bond acceptors (Lipinski definition) is 5. The predicted octanol–water partition coefficient (Wildman–Crippen LogP) is 5.75. The number of rotatable bonds is 5. The highest BCUT2D eigenvalue weighted by Gasteiger charge is 2.23. The standard InChI is InChI=1S/C27H25Cl2N5O/c1-18(19-7-3-2-4-8-19)30-27(35)25-21-9-5-6-10-22(21)26(32-31-25)34-15-13-33(14-16-34)20-11-12-23(28)24(29)17-20/h2-12,17-18H,13-16H2,1H3,(H,30,35)/t18-/m1/s1. The molecule has 0 saturated carbocycles.